The van der Waals surface area contributed by atoms with Crippen LogP contribution in [-0.4, -0.2) is 36.4 Å². The number of benzene rings is 1. The number of aliphatic carboxylic acids is 1. The predicted octanol–water partition coefficient (Wildman–Crippen LogP) is 2.54. The molecule has 0 saturated carbocycles. The van der Waals surface area contributed by atoms with Crippen molar-refractivity contribution >= 4 is 17.7 Å². The van der Waals surface area contributed by atoms with E-state index < -0.39 is 11.8 Å². The molecule has 20 heavy (non-hydrogen) atoms. The van der Waals surface area contributed by atoms with Crippen molar-refractivity contribution in [1.82, 2.24) is 0 Å². The average molecular weight is 279 g/mol. The first-order valence-electron chi connectivity index (χ1n) is 6.47. The monoisotopic (exact) mass is 279 g/mol. The molecule has 0 amide bonds. The number of carbonyl (C=O) groups is 1. The van der Waals surface area contributed by atoms with E-state index in [0.29, 0.717) is 30.9 Å². The zero-order valence-electron chi connectivity index (χ0n) is 11.6. The van der Waals surface area contributed by atoms with E-state index in [1.165, 1.54) is 12.1 Å². The van der Waals surface area contributed by atoms with Crippen LogP contribution in [0.3, 0.4) is 0 Å². The highest BCUT2D eigenvalue weighted by atomic mass is 19.1. The second-order valence-corrected chi connectivity index (χ2v) is 5.37. The molecule has 1 heterocycles. The summed E-state index contributed by atoms with van der Waals surface area (Å²) in [6.45, 7) is 5.80. The molecule has 0 aliphatic carbocycles. The van der Waals surface area contributed by atoms with Gasteiger partial charge >= 0.3 is 5.97 Å². The summed E-state index contributed by atoms with van der Waals surface area (Å²) in [5.41, 5.74) is 0.685. The number of carboxylic acid groups (broad SMARTS) is 1. The molecule has 4 nitrogen and oxygen atoms in total. The van der Waals surface area contributed by atoms with Crippen LogP contribution in [-0.2, 0) is 9.53 Å². The van der Waals surface area contributed by atoms with Gasteiger partial charge in [-0.15, -0.1) is 0 Å². The van der Waals surface area contributed by atoms with E-state index in [-0.39, 0.29) is 5.60 Å². The van der Waals surface area contributed by atoms with E-state index in [0.717, 1.165) is 6.08 Å². The Labute approximate surface area is 117 Å². The van der Waals surface area contributed by atoms with Crippen molar-refractivity contribution in [1.29, 1.82) is 0 Å². The summed E-state index contributed by atoms with van der Waals surface area (Å²) in [4.78, 5) is 12.7. The molecule has 1 aromatic rings. The van der Waals surface area contributed by atoms with Gasteiger partial charge in [-0.1, -0.05) is 6.07 Å². The van der Waals surface area contributed by atoms with Crippen molar-refractivity contribution < 1.29 is 19.0 Å². The Balaban J connectivity index is 2.36. The van der Waals surface area contributed by atoms with Crippen LogP contribution in [0.4, 0.5) is 10.1 Å². The highest BCUT2D eigenvalue weighted by Crippen LogP contribution is 2.28. The van der Waals surface area contributed by atoms with Crippen molar-refractivity contribution in [3.63, 3.8) is 0 Å². The van der Waals surface area contributed by atoms with Crippen LogP contribution in [0.15, 0.2) is 24.3 Å². The normalized spacial score (nSPS) is 18.4. The molecular weight excluding hydrogens is 261 g/mol. The van der Waals surface area contributed by atoms with Crippen molar-refractivity contribution in [2.75, 3.05) is 24.6 Å². The average Bonchev–Trinajstić information content (AvgIpc) is 2.35. The first kappa shape index (κ1) is 14.5. The Morgan fingerprint density at radius 1 is 1.50 bits per heavy atom. The van der Waals surface area contributed by atoms with Gasteiger partial charge in [0.15, 0.2) is 0 Å². The maximum atomic E-state index is 13.9. The minimum Gasteiger partial charge on any atom is -0.478 e. The number of hydrogen-bond acceptors (Lipinski definition) is 3. The van der Waals surface area contributed by atoms with E-state index in [1.54, 1.807) is 12.1 Å². The number of carboxylic acids is 1. The number of rotatable bonds is 3. The molecule has 1 saturated heterocycles. The summed E-state index contributed by atoms with van der Waals surface area (Å²) >= 11 is 0. The van der Waals surface area contributed by atoms with E-state index in [2.05, 4.69) is 0 Å². The third-order valence-corrected chi connectivity index (χ3v) is 3.19. The Bertz CT molecular complexity index is 540. The van der Waals surface area contributed by atoms with Crippen LogP contribution < -0.4 is 4.90 Å². The minimum atomic E-state index is -1.10. The lowest BCUT2D eigenvalue weighted by molar-refractivity contribution is -0.131. The predicted molar refractivity (Wildman–Crippen MR) is 75.3 cm³/mol. The van der Waals surface area contributed by atoms with Gasteiger partial charge in [-0.05, 0) is 32.1 Å². The molecule has 0 aromatic heterocycles. The molecule has 0 radical (unpaired) electrons. The summed E-state index contributed by atoms with van der Waals surface area (Å²) < 4.78 is 19.6. The fourth-order valence-corrected chi connectivity index (χ4v) is 2.34. The van der Waals surface area contributed by atoms with Gasteiger partial charge in [0, 0.05) is 30.4 Å². The molecule has 1 N–H and O–H groups in total. The molecule has 1 aliphatic heterocycles. The van der Waals surface area contributed by atoms with Gasteiger partial charge in [0.2, 0.25) is 0 Å². The van der Waals surface area contributed by atoms with Gasteiger partial charge < -0.3 is 14.7 Å². The molecule has 5 heteroatoms. The summed E-state index contributed by atoms with van der Waals surface area (Å²) in [6, 6.07) is 4.76. The molecular formula is C15H18FNO3. The van der Waals surface area contributed by atoms with Gasteiger partial charge in [-0.2, -0.15) is 0 Å². The highest BCUT2D eigenvalue weighted by Gasteiger charge is 2.28. The largest absolute Gasteiger partial charge is 0.478 e. The van der Waals surface area contributed by atoms with E-state index in [4.69, 9.17) is 9.84 Å². The van der Waals surface area contributed by atoms with Crippen molar-refractivity contribution in [2.24, 2.45) is 0 Å². The fraction of sp³-hybridized carbons (Fsp3) is 0.400. The van der Waals surface area contributed by atoms with Crippen molar-refractivity contribution in [3.8, 4) is 0 Å². The topological polar surface area (TPSA) is 49.8 Å². The maximum Gasteiger partial charge on any atom is 0.328 e. The maximum absolute atomic E-state index is 13.9. The number of ether oxygens (including phenoxy) is 1. The fourth-order valence-electron chi connectivity index (χ4n) is 2.34. The first-order chi connectivity index (χ1) is 9.39. The van der Waals surface area contributed by atoms with Gasteiger partial charge in [0.1, 0.15) is 5.82 Å². The number of anilines is 1. The van der Waals surface area contributed by atoms with Crippen LogP contribution in [0.2, 0.25) is 0 Å². The van der Waals surface area contributed by atoms with Gasteiger partial charge in [0.05, 0.1) is 12.2 Å². The zero-order valence-corrected chi connectivity index (χ0v) is 11.6. The Morgan fingerprint density at radius 2 is 2.25 bits per heavy atom. The smallest absolute Gasteiger partial charge is 0.328 e. The molecule has 1 fully saturated rings. The standard InChI is InChI=1S/C15H18FNO3/c1-15(2)10-17(8-9-20-15)13-5-3-4-12(16)11(13)6-7-14(18)19/h3-7H,8-10H2,1-2H3,(H,18,19)/b7-6+. The molecule has 1 aromatic carbocycles. The highest BCUT2D eigenvalue weighted by molar-refractivity contribution is 5.87. The second kappa shape index (κ2) is 5.63. The lowest BCUT2D eigenvalue weighted by Gasteiger charge is -2.40. The van der Waals surface area contributed by atoms with Crippen molar-refractivity contribution in [2.45, 2.75) is 19.4 Å². The van der Waals surface area contributed by atoms with Crippen LogP contribution >= 0.6 is 0 Å². The van der Waals surface area contributed by atoms with E-state index in [9.17, 15) is 9.18 Å². The zero-order chi connectivity index (χ0) is 14.8. The third kappa shape index (κ3) is 3.36. The summed E-state index contributed by atoms with van der Waals surface area (Å²) in [6.07, 6.45) is 2.25. The summed E-state index contributed by atoms with van der Waals surface area (Å²) in [7, 11) is 0. The van der Waals surface area contributed by atoms with Gasteiger partial charge in [0.25, 0.3) is 0 Å². The third-order valence-electron chi connectivity index (χ3n) is 3.19. The van der Waals surface area contributed by atoms with Crippen LogP contribution in [0.5, 0.6) is 0 Å². The van der Waals surface area contributed by atoms with Crippen LogP contribution in [0.25, 0.3) is 6.08 Å². The Morgan fingerprint density at radius 3 is 2.90 bits per heavy atom. The summed E-state index contributed by atoms with van der Waals surface area (Å²) in [5.74, 6) is -1.52. The lowest BCUT2D eigenvalue weighted by atomic mass is 10.0. The summed E-state index contributed by atoms with van der Waals surface area (Å²) in [5, 5.41) is 8.71. The molecule has 0 unspecified atom stereocenters. The first-order valence-corrected chi connectivity index (χ1v) is 6.47. The minimum absolute atomic E-state index is 0.299. The van der Waals surface area contributed by atoms with Gasteiger partial charge in [-0.3, -0.25) is 0 Å². The molecule has 0 bridgehead atoms. The SMILES string of the molecule is CC1(C)CN(c2cccc(F)c2/C=C/C(=O)O)CCO1. The Kier molecular flexibility index (Phi) is 4.09. The molecule has 2 rings (SSSR count). The second-order valence-electron chi connectivity index (χ2n) is 5.37. The molecule has 108 valence electrons. The van der Waals surface area contributed by atoms with E-state index >= 15 is 0 Å². The number of morpholine rings is 1. The Hall–Kier alpha value is -1.88. The van der Waals surface area contributed by atoms with Crippen molar-refractivity contribution in [3.05, 3.63) is 35.7 Å². The van der Waals surface area contributed by atoms with Crippen LogP contribution in [0, 0.1) is 5.82 Å². The number of nitrogens with zero attached hydrogens (tertiary/aromatic N) is 1. The number of halogens is 1. The quantitative estimate of drug-likeness (QED) is 0.864. The number of hydrogen-bond donors (Lipinski definition) is 1. The van der Waals surface area contributed by atoms with E-state index in [1.807, 2.05) is 18.7 Å². The molecule has 0 atom stereocenters. The lowest BCUT2D eigenvalue weighted by Crippen LogP contribution is -2.48. The molecule has 0 spiro atoms. The van der Waals surface area contributed by atoms with Gasteiger partial charge in [-0.25, -0.2) is 9.18 Å². The van der Waals surface area contributed by atoms with Crippen LogP contribution in [0.1, 0.15) is 19.4 Å². The molecule has 1 aliphatic rings.